The predicted octanol–water partition coefficient (Wildman–Crippen LogP) is 4.29. The number of hydrogen-bond acceptors (Lipinski definition) is 4. The van der Waals surface area contributed by atoms with Gasteiger partial charge in [0.1, 0.15) is 18.4 Å². The van der Waals surface area contributed by atoms with E-state index in [1.807, 2.05) is 6.92 Å². The average molecular weight is 391 g/mol. The van der Waals surface area contributed by atoms with Crippen LogP contribution in [0.3, 0.4) is 0 Å². The minimum absolute atomic E-state index is 0.317. The fourth-order valence-electron chi connectivity index (χ4n) is 2.36. The molecule has 1 aromatic heterocycles. The van der Waals surface area contributed by atoms with Crippen molar-refractivity contribution in [3.8, 4) is 11.4 Å². The number of carbonyl (C=O) groups is 1. The van der Waals surface area contributed by atoms with Crippen LogP contribution in [0.2, 0.25) is 10.0 Å². The highest BCUT2D eigenvalue weighted by Crippen LogP contribution is 2.26. The Morgan fingerprint density at radius 2 is 1.92 bits per heavy atom. The smallest absolute Gasteiger partial charge is 0.265 e. The fraction of sp³-hybridized carbons (Fsp3) is 0.167. The van der Waals surface area contributed by atoms with Gasteiger partial charge in [0.2, 0.25) is 0 Å². The van der Waals surface area contributed by atoms with Gasteiger partial charge in [-0.05, 0) is 55.8 Å². The molecule has 1 N–H and O–H groups in total. The van der Waals surface area contributed by atoms with Gasteiger partial charge in [-0.15, -0.1) is 0 Å². The van der Waals surface area contributed by atoms with Crippen LogP contribution in [0.5, 0.6) is 5.75 Å². The number of benzene rings is 2. The lowest BCUT2D eigenvalue weighted by Crippen LogP contribution is -2.30. The molecule has 3 rings (SSSR count). The number of ether oxygens (including phenoxy) is 1. The molecule has 134 valence electrons. The first-order chi connectivity index (χ1) is 12.4. The topological polar surface area (TPSA) is 69.0 Å². The third-order valence-corrected chi connectivity index (χ3v) is 4.16. The zero-order chi connectivity index (χ0) is 18.7. The maximum Gasteiger partial charge on any atom is 0.265 e. The van der Waals surface area contributed by atoms with Crippen molar-refractivity contribution < 1.29 is 9.53 Å². The summed E-state index contributed by atoms with van der Waals surface area (Å²) in [7, 11) is 0. The van der Waals surface area contributed by atoms with Crippen LogP contribution >= 0.6 is 23.2 Å². The maximum absolute atomic E-state index is 12.6. The van der Waals surface area contributed by atoms with Gasteiger partial charge in [0, 0.05) is 10.0 Å². The predicted molar refractivity (Wildman–Crippen MR) is 101 cm³/mol. The Labute approximate surface area is 160 Å². The van der Waals surface area contributed by atoms with Crippen LogP contribution in [0.25, 0.3) is 5.69 Å². The Morgan fingerprint density at radius 3 is 2.62 bits per heavy atom. The average Bonchev–Trinajstić information content (AvgIpc) is 3.11. The lowest BCUT2D eigenvalue weighted by atomic mass is 10.2. The van der Waals surface area contributed by atoms with Gasteiger partial charge in [-0.25, -0.2) is 9.67 Å². The Hall–Kier alpha value is -2.57. The molecule has 26 heavy (non-hydrogen) atoms. The summed E-state index contributed by atoms with van der Waals surface area (Å²) in [5.41, 5.74) is 2.01. The summed E-state index contributed by atoms with van der Waals surface area (Å²) in [6, 6.07) is 10.3. The molecule has 0 bridgehead atoms. The third-order valence-electron chi connectivity index (χ3n) is 3.69. The minimum atomic E-state index is -0.725. The molecule has 1 heterocycles. The zero-order valence-corrected chi connectivity index (χ0v) is 15.6. The number of hydrogen-bond donors (Lipinski definition) is 1. The summed E-state index contributed by atoms with van der Waals surface area (Å²) in [4.78, 5) is 16.5. The Morgan fingerprint density at radius 1 is 1.19 bits per heavy atom. The quantitative estimate of drug-likeness (QED) is 0.705. The number of anilines is 1. The third kappa shape index (κ3) is 4.15. The van der Waals surface area contributed by atoms with Gasteiger partial charge in [-0.1, -0.05) is 23.2 Å². The van der Waals surface area contributed by atoms with Crippen molar-refractivity contribution in [3.63, 3.8) is 0 Å². The number of nitrogens with one attached hydrogen (secondary N) is 1. The highest BCUT2D eigenvalue weighted by Gasteiger charge is 2.18. The van der Waals surface area contributed by atoms with E-state index in [4.69, 9.17) is 27.9 Å². The lowest BCUT2D eigenvalue weighted by Gasteiger charge is -2.18. The first-order valence-electron chi connectivity index (χ1n) is 7.82. The minimum Gasteiger partial charge on any atom is -0.481 e. The molecule has 0 spiro atoms. The van der Waals surface area contributed by atoms with E-state index in [9.17, 15) is 4.79 Å². The molecule has 3 aromatic rings. The second-order valence-corrected chi connectivity index (χ2v) is 6.53. The summed E-state index contributed by atoms with van der Waals surface area (Å²) in [6.45, 7) is 3.54. The zero-order valence-electron chi connectivity index (χ0n) is 14.1. The summed E-state index contributed by atoms with van der Waals surface area (Å²) >= 11 is 12.0. The molecule has 0 aliphatic carbocycles. The molecule has 6 nitrogen and oxygen atoms in total. The molecule has 1 unspecified atom stereocenters. The van der Waals surface area contributed by atoms with E-state index in [1.54, 1.807) is 48.0 Å². The van der Waals surface area contributed by atoms with Crippen LogP contribution in [0.4, 0.5) is 5.69 Å². The Bertz CT molecular complexity index is 929. The molecule has 2 aromatic carbocycles. The number of carbonyl (C=O) groups excluding carboxylic acids is 1. The van der Waals surface area contributed by atoms with Crippen molar-refractivity contribution in [2.75, 3.05) is 5.32 Å². The van der Waals surface area contributed by atoms with Crippen LogP contribution in [-0.4, -0.2) is 26.8 Å². The van der Waals surface area contributed by atoms with Gasteiger partial charge in [-0.3, -0.25) is 4.79 Å². The van der Waals surface area contributed by atoms with E-state index < -0.39 is 6.10 Å². The van der Waals surface area contributed by atoms with Gasteiger partial charge >= 0.3 is 0 Å². The second kappa shape index (κ2) is 7.76. The summed E-state index contributed by atoms with van der Waals surface area (Å²) in [6.07, 6.45) is 2.22. The number of aromatic nitrogens is 3. The first kappa shape index (κ1) is 18.2. The number of nitrogens with zero attached hydrogens (tertiary/aromatic N) is 3. The van der Waals surface area contributed by atoms with Crippen molar-refractivity contribution in [1.82, 2.24) is 14.8 Å². The second-order valence-electron chi connectivity index (χ2n) is 5.66. The highest BCUT2D eigenvalue weighted by molar-refractivity contribution is 6.31. The van der Waals surface area contributed by atoms with E-state index in [2.05, 4.69) is 15.4 Å². The van der Waals surface area contributed by atoms with Crippen molar-refractivity contribution in [1.29, 1.82) is 0 Å². The molecule has 0 radical (unpaired) electrons. The molecule has 0 aliphatic heterocycles. The van der Waals surface area contributed by atoms with Crippen LogP contribution in [0.15, 0.2) is 49.1 Å². The summed E-state index contributed by atoms with van der Waals surface area (Å²) < 4.78 is 7.30. The van der Waals surface area contributed by atoms with Gasteiger partial charge in [0.05, 0.1) is 11.4 Å². The molecule has 0 fully saturated rings. The van der Waals surface area contributed by atoms with Gasteiger partial charge in [0.15, 0.2) is 6.10 Å². The van der Waals surface area contributed by atoms with E-state index in [1.165, 1.54) is 12.7 Å². The lowest BCUT2D eigenvalue weighted by molar-refractivity contribution is -0.122. The Kier molecular flexibility index (Phi) is 5.44. The number of halogens is 2. The summed E-state index contributed by atoms with van der Waals surface area (Å²) in [5, 5.41) is 8.02. The molecule has 1 atom stereocenters. The molecule has 8 heteroatoms. The SMILES string of the molecule is Cc1cc(Cl)ccc1OC(C)C(=O)Nc1cc(Cl)ccc1-n1cncn1. The highest BCUT2D eigenvalue weighted by atomic mass is 35.5. The fourth-order valence-corrected chi connectivity index (χ4v) is 2.76. The molecular formula is C18H16Cl2N4O2. The van der Waals surface area contributed by atoms with Crippen molar-refractivity contribution in [2.45, 2.75) is 20.0 Å². The van der Waals surface area contributed by atoms with E-state index in [0.717, 1.165) is 5.56 Å². The van der Waals surface area contributed by atoms with Crippen LogP contribution in [-0.2, 0) is 4.79 Å². The number of amides is 1. The maximum atomic E-state index is 12.6. The van der Waals surface area contributed by atoms with Crippen molar-refractivity contribution in [2.24, 2.45) is 0 Å². The molecule has 0 aliphatic rings. The number of aryl methyl sites for hydroxylation is 1. The first-order valence-corrected chi connectivity index (χ1v) is 8.58. The van der Waals surface area contributed by atoms with E-state index >= 15 is 0 Å². The standard InChI is InChI=1S/C18H16Cl2N4O2/c1-11-7-13(19)4-6-17(11)26-12(2)18(25)23-15-8-14(20)3-5-16(15)24-10-21-9-22-24/h3-10,12H,1-2H3,(H,23,25). The van der Waals surface area contributed by atoms with Gasteiger partial charge in [0.25, 0.3) is 5.91 Å². The van der Waals surface area contributed by atoms with Crippen molar-refractivity contribution >= 4 is 34.8 Å². The van der Waals surface area contributed by atoms with Crippen molar-refractivity contribution in [3.05, 3.63) is 64.7 Å². The molecule has 0 saturated heterocycles. The monoisotopic (exact) mass is 390 g/mol. The van der Waals surface area contributed by atoms with E-state index in [0.29, 0.717) is 27.2 Å². The number of rotatable bonds is 5. The van der Waals surface area contributed by atoms with Crippen LogP contribution in [0, 0.1) is 6.92 Å². The largest absolute Gasteiger partial charge is 0.481 e. The van der Waals surface area contributed by atoms with E-state index in [-0.39, 0.29) is 5.91 Å². The van der Waals surface area contributed by atoms with Gasteiger partial charge < -0.3 is 10.1 Å². The molecule has 0 saturated carbocycles. The summed E-state index contributed by atoms with van der Waals surface area (Å²) in [5.74, 6) is 0.280. The van der Waals surface area contributed by atoms with Crippen LogP contribution < -0.4 is 10.1 Å². The normalized spacial score (nSPS) is 11.8. The van der Waals surface area contributed by atoms with Crippen LogP contribution in [0.1, 0.15) is 12.5 Å². The van der Waals surface area contributed by atoms with Gasteiger partial charge in [-0.2, -0.15) is 5.10 Å². The Balaban J connectivity index is 1.78. The molecular weight excluding hydrogens is 375 g/mol. The molecule has 1 amide bonds.